The lowest BCUT2D eigenvalue weighted by atomic mass is 10.0. The molecule has 2 unspecified atom stereocenters. The number of piperidine rings is 1. The van der Waals surface area contributed by atoms with Crippen molar-refractivity contribution in [3.63, 3.8) is 0 Å². The Bertz CT molecular complexity index is 110. The van der Waals surface area contributed by atoms with Crippen LogP contribution < -0.4 is 5.32 Å². The third-order valence-electron chi connectivity index (χ3n) is 3.06. The van der Waals surface area contributed by atoms with Gasteiger partial charge in [-0.05, 0) is 33.1 Å². The van der Waals surface area contributed by atoms with E-state index < -0.39 is 0 Å². The molecule has 1 saturated carbocycles. The summed E-state index contributed by atoms with van der Waals surface area (Å²) in [6.07, 6.45) is 4.22. The third-order valence-corrected chi connectivity index (χ3v) is 3.06. The van der Waals surface area contributed by atoms with Gasteiger partial charge in [-0.3, -0.25) is 0 Å². The molecule has 0 spiro atoms. The van der Waals surface area contributed by atoms with Crippen molar-refractivity contribution in [2.24, 2.45) is 0 Å². The average molecular weight is 111 g/mol. The molecule has 1 aliphatic carbocycles. The van der Waals surface area contributed by atoms with E-state index >= 15 is 0 Å². The quantitative estimate of drug-likeness (QED) is 0.467. The van der Waals surface area contributed by atoms with Crippen molar-refractivity contribution in [2.75, 3.05) is 0 Å². The van der Waals surface area contributed by atoms with Gasteiger partial charge in [-0.15, -0.1) is 0 Å². The molecule has 0 amide bonds. The van der Waals surface area contributed by atoms with E-state index in [-0.39, 0.29) is 0 Å². The van der Waals surface area contributed by atoms with Crippen LogP contribution in [0.2, 0.25) is 0 Å². The van der Waals surface area contributed by atoms with Gasteiger partial charge in [-0.2, -0.15) is 0 Å². The Balaban J connectivity index is 2.26. The fourth-order valence-corrected chi connectivity index (χ4v) is 2.05. The Labute approximate surface area is 50.5 Å². The van der Waals surface area contributed by atoms with Gasteiger partial charge in [-0.1, -0.05) is 0 Å². The topological polar surface area (TPSA) is 21.9 Å². The van der Waals surface area contributed by atoms with Gasteiger partial charge in [0.15, 0.2) is 0 Å². The number of hydrogen-bond acceptors (Lipinski definition) is 1. The Morgan fingerprint density at radius 3 is 1.75 bits per heavy atom. The maximum absolute atomic E-state index is 3.52. The molecule has 1 N–H and O–H groups in total. The first-order valence-corrected chi connectivity index (χ1v) is 3.46. The van der Waals surface area contributed by atoms with Crippen molar-refractivity contribution in [2.45, 2.75) is 44.2 Å². The van der Waals surface area contributed by atoms with Crippen LogP contribution in [0.5, 0.6) is 0 Å². The highest BCUT2D eigenvalue weighted by molar-refractivity contribution is 5.25. The number of hydrogen-bond donors (Lipinski definition) is 1. The molecule has 1 aliphatic heterocycles. The molecule has 0 radical (unpaired) electrons. The predicted octanol–water partition coefficient (Wildman–Crippen LogP) is 1.29. The Kier molecular flexibility index (Phi) is 0.583. The van der Waals surface area contributed by atoms with E-state index in [1.807, 2.05) is 0 Å². The van der Waals surface area contributed by atoms with E-state index in [0.717, 1.165) is 0 Å². The molecule has 46 valence electrons. The van der Waals surface area contributed by atoms with E-state index in [1.54, 1.807) is 0 Å². The summed E-state index contributed by atoms with van der Waals surface area (Å²) in [5.41, 5.74) is 1.10. The first-order chi connectivity index (χ1) is 3.66. The van der Waals surface area contributed by atoms with E-state index in [4.69, 9.17) is 0 Å². The summed E-state index contributed by atoms with van der Waals surface area (Å²) in [4.78, 5) is 0. The molecular formula is C7H13N. The summed E-state index contributed by atoms with van der Waals surface area (Å²) in [5, 5.41) is 3.52. The van der Waals surface area contributed by atoms with Gasteiger partial charge >= 0.3 is 0 Å². The SMILES string of the molecule is CC12CCCC1(C)N2. The van der Waals surface area contributed by atoms with Gasteiger partial charge in [0.05, 0.1) is 0 Å². The lowest BCUT2D eigenvalue weighted by Gasteiger charge is -1.99. The largest absolute Gasteiger partial charge is 0.303 e. The van der Waals surface area contributed by atoms with E-state index in [2.05, 4.69) is 19.2 Å². The predicted molar refractivity (Wildman–Crippen MR) is 33.8 cm³/mol. The lowest BCUT2D eigenvalue weighted by molar-refractivity contribution is 0.637. The summed E-state index contributed by atoms with van der Waals surface area (Å²) in [6, 6.07) is 0. The average Bonchev–Trinajstić information content (AvgIpc) is 2.00. The van der Waals surface area contributed by atoms with E-state index in [9.17, 15) is 0 Å². The van der Waals surface area contributed by atoms with E-state index in [1.165, 1.54) is 19.3 Å². The monoisotopic (exact) mass is 111 g/mol. The summed E-state index contributed by atoms with van der Waals surface area (Å²) >= 11 is 0. The minimum absolute atomic E-state index is 0.549. The van der Waals surface area contributed by atoms with Crippen LogP contribution in [0.4, 0.5) is 0 Å². The number of rotatable bonds is 0. The second-order valence-electron chi connectivity index (χ2n) is 3.64. The van der Waals surface area contributed by atoms with Crippen molar-refractivity contribution in [1.29, 1.82) is 0 Å². The standard InChI is InChI=1S/C7H13N/c1-6-4-3-5-7(6,2)8-6/h8H,3-5H2,1-2H3. The minimum Gasteiger partial charge on any atom is -0.303 e. The summed E-state index contributed by atoms with van der Waals surface area (Å²) in [5.74, 6) is 0. The second-order valence-corrected chi connectivity index (χ2v) is 3.64. The van der Waals surface area contributed by atoms with Gasteiger partial charge in [0.25, 0.3) is 0 Å². The molecule has 1 saturated heterocycles. The Hall–Kier alpha value is -0.0400. The molecule has 0 aromatic carbocycles. The molecular weight excluding hydrogens is 98.1 g/mol. The molecule has 2 fully saturated rings. The molecule has 0 aromatic heterocycles. The first kappa shape index (κ1) is 4.80. The fourth-order valence-electron chi connectivity index (χ4n) is 2.05. The normalized spacial score (nSPS) is 60.8. The summed E-state index contributed by atoms with van der Waals surface area (Å²) in [7, 11) is 0. The van der Waals surface area contributed by atoms with Gasteiger partial charge in [0.1, 0.15) is 0 Å². The molecule has 2 rings (SSSR count). The molecule has 2 atom stereocenters. The highest BCUT2D eigenvalue weighted by Gasteiger charge is 2.62. The second kappa shape index (κ2) is 0.971. The zero-order valence-corrected chi connectivity index (χ0v) is 5.62. The summed E-state index contributed by atoms with van der Waals surface area (Å²) < 4.78 is 0. The van der Waals surface area contributed by atoms with Crippen LogP contribution in [0.15, 0.2) is 0 Å². The highest BCUT2D eigenvalue weighted by atomic mass is 15.3. The van der Waals surface area contributed by atoms with Crippen molar-refractivity contribution >= 4 is 0 Å². The van der Waals surface area contributed by atoms with Gasteiger partial charge in [-0.25, -0.2) is 0 Å². The highest BCUT2D eigenvalue weighted by Crippen LogP contribution is 2.51. The molecule has 1 nitrogen and oxygen atoms in total. The lowest BCUT2D eigenvalue weighted by Crippen LogP contribution is -2.10. The van der Waals surface area contributed by atoms with Crippen LogP contribution in [0.25, 0.3) is 0 Å². The minimum atomic E-state index is 0.549. The molecule has 8 heavy (non-hydrogen) atoms. The molecule has 1 heterocycles. The van der Waals surface area contributed by atoms with Crippen LogP contribution in [0, 0.1) is 0 Å². The molecule has 0 bridgehead atoms. The van der Waals surface area contributed by atoms with Gasteiger partial charge < -0.3 is 5.32 Å². The Morgan fingerprint density at radius 2 is 1.62 bits per heavy atom. The van der Waals surface area contributed by atoms with Gasteiger partial charge in [0, 0.05) is 11.1 Å². The van der Waals surface area contributed by atoms with Crippen LogP contribution in [-0.2, 0) is 0 Å². The fraction of sp³-hybridized carbons (Fsp3) is 1.00. The molecule has 1 heteroatoms. The van der Waals surface area contributed by atoms with Crippen LogP contribution >= 0.6 is 0 Å². The van der Waals surface area contributed by atoms with Crippen molar-refractivity contribution in [3.8, 4) is 0 Å². The zero-order chi connectivity index (χ0) is 5.83. The molecule has 0 aromatic rings. The number of fused-ring (bicyclic) bond motifs is 1. The van der Waals surface area contributed by atoms with Crippen molar-refractivity contribution in [1.82, 2.24) is 5.32 Å². The number of nitrogens with one attached hydrogen (secondary N) is 1. The zero-order valence-electron chi connectivity index (χ0n) is 5.62. The van der Waals surface area contributed by atoms with Crippen LogP contribution in [-0.4, -0.2) is 11.1 Å². The molecule has 2 aliphatic rings. The summed E-state index contributed by atoms with van der Waals surface area (Å²) in [6.45, 7) is 4.67. The Morgan fingerprint density at radius 1 is 1.12 bits per heavy atom. The maximum atomic E-state index is 3.52. The van der Waals surface area contributed by atoms with Crippen molar-refractivity contribution < 1.29 is 0 Å². The van der Waals surface area contributed by atoms with Gasteiger partial charge in [0.2, 0.25) is 0 Å². The van der Waals surface area contributed by atoms with Crippen LogP contribution in [0.3, 0.4) is 0 Å². The third kappa shape index (κ3) is 0.334. The first-order valence-electron chi connectivity index (χ1n) is 3.46. The van der Waals surface area contributed by atoms with E-state index in [0.29, 0.717) is 11.1 Å². The maximum Gasteiger partial charge on any atom is 0.0338 e. The van der Waals surface area contributed by atoms with Crippen molar-refractivity contribution in [3.05, 3.63) is 0 Å². The van der Waals surface area contributed by atoms with Crippen LogP contribution in [0.1, 0.15) is 33.1 Å². The smallest absolute Gasteiger partial charge is 0.0338 e.